The second kappa shape index (κ2) is 8.00. The number of barbiturate groups is 1. The number of hydrogen-bond acceptors (Lipinski definition) is 4. The van der Waals surface area contributed by atoms with Crippen LogP contribution in [-0.2, 0) is 9.59 Å². The molecule has 0 aliphatic carbocycles. The lowest BCUT2D eigenvalue weighted by molar-refractivity contribution is -0.122. The summed E-state index contributed by atoms with van der Waals surface area (Å²) < 4.78 is 1.98. The highest BCUT2D eigenvalue weighted by atomic mass is 16.2. The standard InChI is InChI=1S/C25H20N4O3/c1-15-6-4-5-7-22(15)29-24(31)21(23(30)27-25(29)32)13-19-12-16(2)28(17(19)3)20-10-8-18(14-26)9-11-20/h4-13H,1-3H3,(H,27,30,32)/b21-13+. The number of benzene rings is 2. The van der Waals surface area contributed by atoms with Gasteiger partial charge in [-0.25, -0.2) is 9.69 Å². The number of carbonyl (C=O) groups excluding carboxylic acids is 3. The first-order valence-electron chi connectivity index (χ1n) is 9.98. The summed E-state index contributed by atoms with van der Waals surface area (Å²) >= 11 is 0. The van der Waals surface area contributed by atoms with Gasteiger partial charge in [0.15, 0.2) is 0 Å². The number of amides is 4. The number of para-hydroxylation sites is 1. The third kappa shape index (κ3) is 3.48. The van der Waals surface area contributed by atoms with Crippen LogP contribution in [0.5, 0.6) is 0 Å². The van der Waals surface area contributed by atoms with Gasteiger partial charge in [0, 0.05) is 17.1 Å². The summed E-state index contributed by atoms with van der Waals surface area (Å²) in [5, 5.41) is 11.3. The molecule has 32 heavy (non-hydrogen) atoms. The summed E-state index contributed by atoms with van der Waals surface area (Å²) in [6.45, 7) is 5.59. The maximum atomic E-state index is 13.2. The monoisotopic (exact) mass is 424 g/mol. The van der Waals surface area contributed by atoms with Crippen molar-refractivity contribution in [2.75, 3.05) is 4.90 Å². The van der Waals surface area contributed by atoms with E-state index in [1.807, 2.05) is 42.7 Å². The van der Waals surface area contributed by atoms with Crippen LogP contribution in [0.3, 0.4) is 0 Å². The number of rotatable bonds is 3. The first-order chi connectivity index (χ1) is 15.3. The third-order valence-corrected chi connectivity index (χ3v) is 5.48. The van der Waals surface area contributed by atoms with Crippen LogP contribution in [0.25, 0.3) is 11.8 Å². The van der Waals surface area contributed by atoms with E-state index >= 15 is 0 Å². The molecule has 1 saturated heterocycles. The molecule has 0 radical (unpaired) electrons. The van der Waals surface area contributed by atoms with Gasteiger partial charge in [0.1, 0.15) is 5.57 Å². The van der Waals surface area contributed by atoms with Crippen molar-refractivity contribution < 1.29 is 14.4 Å². The Morgan fingerprint density at radius 3 is 2.31 bits per heavy atom. The van der Waals surface area contributed by atoms with Crippen LogP contribution in [-0.4, -0.2) is 22.4 Å². The molecule has 1 aliphatic heterocycles. The van der Waals surface area contributed by atoms with E-state index in [1.165, 1.54) is 6.08 Å². The average molecular weight is 424 g/mol. The van der Waals surface area contributed by atoms with Gasteiger partial charge in [-0.3, -0.25) is 14.9 Å². The molecule has 7 heteroatoms. The van der Waals surface area contributed by atoms with E-state index in [4.69, 9.17) is 5.26 Å². The highest BCUT2D eigenvalue weighted by molar-refractivity contribution is 6.39. The second-order valence-corrected chi connectivity index (χ2v) is 7.56. The van der Waals surface area contributed by atoms with Gasteiger partial charge in [0.05, 0.1) is 17.3 Å². The van der Waals surface area contributed by atoms with Crippen LogP contribution in [0.4, 0.5) is 10.5 Å². The molecule has 4 rings (SSSR count). The van der Waals surface area contributed by atoms with E-state index in [0.717, 1.165) is 27.5 Å². The summed E-state index contributed by atoms with van der Waals surface area (Å²) in [5.74, 6) is -1.40. The van der Waals surface area contributed by atoms with Crippen LogP contribution in [0.2, 0.25) is 0 Å². The van der Waals surface area contributed by atoms with Gasteiger partial charge in [-0.15, -0.1) is 0 Å². The SMILES string of the molecule is Cc1ccccc1N1C(=O)NC(=O)/C(=C\c2cc(C)n(-c3ccc(C#N)cc3)c2C)C1=O. The highest BCUT2D eigenvalue weighted by Crippen LogP contribution is 2.27. The van der Waals surface area contributed by atoms with Crippen molar-refractivity contribution in [3.8, 4) is 11.8 Å². The molecule has 0 saturated carbocycles. The summed E-state index contributed by atoms with van der Waals surface area (Å²) in [6.07, 6.45) is 1.51. The maximum Gasteiger partial charge on any atom is 0.335 e. The minimum atomic E-state index is -0.769. The average Bonchev–Trinajstić information content (AvgIpc) is 3.05. The Balaban J connectivity index is 1.77. The van der Waals surface area contributed by atoms with E-state index < -0.39 is 17.8 Å². The molecule has 158 valence electrons. The number of nitriles is 1. The number of aromatic nitrogens is 1. The fourth-order valence-corrected chi connectivity index (χ4v) is 3.86. The predicted molar refractivity (Wildman–Crippen MR) is 120 cm³/mol. The summed E-state index contributed by atoms with van der Waals surface area (Å²) in [5.41, 5.74) is 4.87. The van der Waals surface area contributed by atoms with Gasteiger partial charge in [-0.1, -0.05) is 18.2 Å². The van der Waals surface area contributed by atoms with Crippen LogP contribution in [0.1, 0.15) is 28.1 Å². The van der Waals surface area contributed by atoms with Gasteiger partial charge >= 0.3 is 6.03 Å². The first kappa shape index (κ1) is 20.8. The molecular weight excluding hydrogens is 404 g/mol. The summed E-state index contributed by atoms with van der Waals surface area (Å²) in [6, 6.07) is 17.3. The van der Waals surface area contributed by atoms with Gasteiger partial charge < -0.3 is 4.57 Å². The smallest absolute Gasteiger partial charge is 0.318 e. The van der Waals surface area contributed by atoms with Crippen LogP contribution in [0.15, 0.2) is 60.2 Å². The van der Waals surface area contributed by atoms with Gasteiger partial charge in [-0.05, 0) is 74.4 Å². The number of hydrogen-bond donors (Lipinski definition) is 1. The molecule has 2 aromatic carbocycles. The van der Waals surface area contributed by atoms with Crippen molar-refractivity contribution in [2.45, 2.75) is 20.8 Å². The lowest BCUT2D eigenvalue weighted by atomic mass is 10.1. The normalized spacial score (nSPS) is 15.1. The van der Waals surface area contributed by atoms with Gasteiger partial charge in [-0.2, -0.15) is 5.26 Å². The van der Waals surface area contributed by atoms with Crippen LogP contribution >= 0.6 is 0 Å². The maximum absolute atomic E-state index is 13.2. The van der Waals surface area contributed by atoms with Gasteiger partial charge in [0.25, 0.3) is 11.8 Å². The second-order valence-electron chi connectivity index (χ2n) is 7.56. The lowest BCUT2D eigenvalue weighted by Crippen LogP contribution is -2.54. The molecule has 0 bridgehead atoms. The van der Waals surface area contributed by atoms with E-state index in [2.05, 4.69) is 11.4 Å². The Kier molecular flexibility index (Phi) is 5.21. The van der Waals surface area contributed by atoms with Crippen LogP contribution < -0.4 is 10.2 Å². The molecule has 4 amide bonds. The first-order valence-corrected chi connectivity index (χ1v) is 9.98. The lowest BCUT2D eigenvalue weighted by Gasteiger charge is -2.27. The number of anilines is 1. The fourth-order valence-electron chi connectivity index (χ4n) is 3.86. The Labute approximate surface area is 185 Å². The van der Waals surface area contributed by atoms with Crippen molar-refractivity contribution in [2.24, 2.45) is 0 Å². The third-order valence-electron chi connectivity index (χ3n) is 5.48. The molecule has 1 aromatic heterocycles. The largest absolute Gasteiger partial charge is 0.335 e. The summed E-state index contributed by atoms with van der Waals surface area (Å²) in [7, 11) is 0. The number of aryl methyl sites for hydroxylation is 2. The number of nitrogens with one attached hydrogen (secondary N) is 1. The molecule has 0 unspecified atom stereocenters. The molecule has 1 fully saturated rings. The zero-order chi connectivity index (χ0) is 23.0. The molecule has 7 nitrogen and oxygen atoms in total. The fraction of sp³-hybridized carbons (Fsp3) is 0.120. The van der Waals surface area contributed by atoms with Crippen molar-refractivity contribution in [3.63, 3.8) is 0 Å². The van der Waals surface area contributed by atoms with E-state index in [-0.39, 0.29) is 5.57 Å². The molecule has 3 aromatic rings. The minimum Gasteiger partial charge on any atom is -0.318 e. The molecule has 2 heterocycles. The Morgan fingerprint density at radius 1 is 0.969 bits per heavy atom. The van der Waals surface area contributed by atoms with Crippen molar-refractivity contribution >= 4 is 29.6 Å². The molecule has 1 aliphatic rings. The number of urea groups is 1. The number of imide groups is 2. The van der Waals surface area contributed by atoms with E-state index in [0.29, 0.717) is 16.8 Å². The minimum absolute atomic E-state index is 0.118. The number of carbonyl (C=O) groups is 3. The van der Waals surface area contributed by atoms with E-state index in [9.17, 15) is 14.4 Å². The summed E-state index contributed by atoms with van der Waals surface area (Å²) in [4.78, 5) is 39.2. The Bertz CT molecular complexity index is 1340. The van der Waals surface area contributed by atoms with E-state index in [1.54, 1.807) is 37.3 Å². The van der Waals surface area contributed by atoms with Crippen molar-refractivity contribution in [1.29, 1.82) is 5.26 Å². The highest BCUT2D eigenvalue weighted by Gasteiger charge is 2.37. The molecule has 1 N–H and O–H groups in total. The Hall–Kier alpha value is -4.44. The number of nitrogens with zero attached hydrogens (tertiary/aromatic N) is 3. The predicted octanol–water partition coefficient (Wildman–Crippen LogP) is 3.94. The van der Waals surface area contributed by atoms with Crippen molar-refractivity contribution in [3.05, 3.63) is 88.2 Å². The van der Waals surface area contributed by atoms with Gasteiger partial charge in [0.2, 0.25) is 0 Å². The molecular formula is C25H20N4O3. The van der Waals surface area contributed by atoms with Crippen molar-refractivity contribution in [1.82, 2.24) is 9.88 Å². The topological polar surface area (TPSA) is 95.2 Å². The Morgan fingerprint density at radius 2 is 1.66 bits per heavy atom. The zero-order valence-electron chi connectivity index (χ0n) is 17.8. The quantitative estimate of drug-likeness (QED) is 0.509. The molecule has 0 spiro atoms. The van der Waals surface area contributed by atoms with Crippen LogP contribution in [0, 0.1) is 32.1 Å². The molecule has 0 atom stereocenters. The zero-order valence-corrected chi connectivity index (χ0v) is 17.8.